The van der Waals surface area contributed by atoms with Crippen LogP contribution in [0.3, 0.4) is 0 Å². The molecule has 1 aliphatic heterocycles. The van der Waals surface area contributed by atoms with E-state index in [0.717, 1.165) is 21.2 Å². The first-order chi connectivity index (χ1) is 10.9. The largest absolute Gasteiger partial charge is 0.350 e. The molecule has 1 saturated heterocycles. The fourth-order valence-corrected chi connectivity index (χ4v) is 5.43. The first-order valence-corrected chi connectivity index (χ1v) is 10.3. The van der Waals surface area contributed by atoms with Crippen LogP contribution in [0.2, 0.25) is 5.02 Å². The summed E-state index contributed by atoms with van der Waals surface area (Å²) in [7, 11) is -3.36. The molecule has 1 aromatic heterocycles. The normalized spacial score (nSPS) is 19.3. The summed E-state index contributed by atoms with van der Waals surface area (Å²) in [5, 5.41) is 4.45. The average Bonchev–Trinajstić information content (AvgIpc) is 3.10. The highest BCUT2D eigenvalue weighted by molar-refractivity contribution is 7.88. The van der Waals surface area contributed by atoms with Crippen molar-refractivity contribution >= 4 is 49.0 Å². The Hall–Kier alpha value is -1.15. The highest BCUT2D eigenvalue weighted by Gasteiger charge is 2.36. The SMILES string of the molecule is CS(=O)(=O)N1CCCC1C(=O)NCc1sc2ccccc2c1Cl. The van der Waals surface area contributed by atoms with Crippen molar-refractivity contribution in [1.29, 1.82) is 0 Å². The van der Waals surface area contributed by atoms with Gasteiger partial charge in [-0.15, -0.1) is 11.3 Å². The van der Waals surface area contributed by atoms with Gasteiger partial charge in [-0.05, 0) is 18.9 Å². The predicted octanol–water partition coefficient (Wildman–Crippen LogP) is 2.59. The third-order valence-electron chi connectivity index (χ3n) is 3.96. The summed E-state index contributed by atoms with van der Waals surface area (Å²) in [4.78, 5) is 13.2. The number of nitrogens with zero attached hydrogens (tertiary/aromatic N) is 1. The minimum atomic E-state index is -3.36. The van der Waals surface area contributed by atoms with Gasteiger partial charge in [-0.3, -0.25) is 4.79 Å². The quantitative estimate of drug-likeness (QED) is 0.897. The molecule has 1 aromatic carbocycles. The van der Waals surface area contributed by atoms with Crippen LogP contribution in [0.4, 0.5) is 0 Å². The van der Waals surface area contributed by atoms with Gasteiger partial charge >= 0.3 is 0 Å². The van der Waals surface area contributed by atoms with Gasteiger partial charge in [0.1, 0.15) is 6.04 Å². The summed E-state index contributed by atoms with van der Waals surface area (Å²) >= 11 is 7.89. The average molecular weight is 373 g/mol. The van der Waals surface area contributed by atoms with Gasteiger partial charge in [0.05, 0.1) is 17.8 Å². The molecule has 0 aliphatic carbocycles. The number of nitrogens with one attached hydrogen (secondary N) is 1. The van der Waals surface area contributed by atoms with E-state index in [-0.39, 0.29) is 5.91 Å². The lowest BCUT2D eigenvalue weighted by atomic mass is 10.2. The van der Waals surface area contributed by atoms with Crippen LogP contribution in [0.5, 0.6) is 0 Å². The molecular weight excluding hydrogens is 356 g/mol. The minimum absolute atomic E-state index is 0.263. The molecule has 0 radical (unpaired) electrons. The Kier molecular flexibility index (Phi) is 4.64. The zero-order valence-electron chi connectivity index (χ0n) is 12.6. The maximum absolute atomic E-state index is 12.3. The summed E-state index contributed by atoms with van der Waals surface area (Å²) in [5.74, 6) is -0.263. The Morgan fingerprint density at radius 1 is 1.43 bits per heavy atom. The first kappa shape index (κ1) is 16.7. The number of benzene rings is 1. The predicted molar refractivity (Wildman–Crippen MR) is 93.3 cm³/mol. The smallest absolute Gasteiger partial charge is 0.238 e. The number of fused-ring (bicyclic) bond motifs is 1. The molecule has 0 spiro atoms. The number of carbonyl (C=O) groups excluding carboxylic acids is 1. The third-order valence-corrected chi connectivity index (χ3v) is 6.96. The van der Waals surface area contributed by atoms with E-state index in [4.69, 9.17) is 11.6 Å². The van der Waals surface area contributed by atoms with Gasteiger partial charge < -0.3 is 5.32 Å². The molecular formula is C15H17ClN2O3S2. The van der Waals surface area contributed by atoms with E-state index in [1.165, 1.54) is 15.6 Å². The highest BCUT2D eigenvalue weighted by Crippen LogP contribution is 2.35. The number of thiophene rings is 1. The van der Waals surface area contributed by atoms with Gasteiger partial charge in [-0.25, -0.2) is 8.42 Å². The van der Waals surface area contributed by atoms with Crippen LogP contribution in [-0.4, -0.2) is 37.5 Å². The van der Waals surface area contributed by atoms with E-state index < -0.39 is 16.1 Å². The Morgan fingerprint density at radius 3 is 2.87 bits per heavy atom. The summed E-state index contributed by atoms with van der Waals surface area (Å²) < 4.78 is 25.8. The number of halogens is 1. The molecule has 3 rings (SSSR count). The molecule has 5 nitrogen and oxygen atoms in total. The second kappa shape index (κ2) is 6.39. The molecule has 1 N–H and O–H groups in total. The van der Waals surface area contributed by atoms with Crippen molar-refractivity contribution in [3.05, 3.63) is 34.2 Å². The second-order valence-electron chi connectivity index (χ2n) is 5.58. The van der Waals surface area contributed by atoms with Crippen molar-refractivity contribution in [1.82, 2.24) is 9.62 Å². The number of sulfonamides is 1. The first-order valence-electron chi connectivity index (χ1n) is 7.28. The molecule has 1 aliphatic rings. The van der Waals surface area contributed by atoms with E-state index in [1.54, 1.807) is 0 Å². The van der Waals surface area contributed by atoms with Gasteiger partial charge in [-0.1, -0.05) is 29.8 Å². The summed E-state index contributed by atoms with van der Waals surface area (Å²) in [5.41, 5.74) is 0. The van der Waals surface area contributed by atoms with Crippen LogP contribution in [0.1, 0.15) is 17.7 Å². The lowest BCUT2D eigenvalue weighted by molar-refractivity contribution is -0.124. The summed E-state index contributed by atoms with van der Waals surface area (Å²) in [6.45, 7) is 0.714. The molecule has 1 amide bonds. The van der Waals surface area contributed by atoms with Crippen molar-refractivity contribution in [2.24, 2.45) is 0 Å². The number of hydrogen-bond acceptors (Lipinski definition) is 4. The van der Waals surface area contributed by atoms with Crippen molar-refractivity contribution < 1.29 is 13.2 Å². The molecule has 2 aromatic rings. The van der Waals surface area contributed by atoms with Crippen molar-refractivity contribution in [2.75, 3.05) is 12.8 Å². The summed E-state index contributed by atoms with van der Waals surface area (Å²) in [6, 6.07) is 7.19. The van der Waals surface area contributed by atoms with Gasteiger partial charge in [0, 0.05) is 21.5 Å². The topological polar surface area (TPSA) is 66.5 Å². The molecule has 1 fully saturated rings. The lowest BCUT2D eigenvalue weighted by Gasteiger charge is -2.21. The van der Waals surface area contributed by atoms with Crippen LogP contribution in [-0.2, 0) is 21.4 Å². The molecule has 8 heteroatoms. The standard InChI is InChI=1S/C15H17ClN2O3S2/c1-23(20,21)18-8-4-6-11(18)15(19)17-9-13-14(16)10-5-2-3-7-12(10)22-13/h2-3,5,7,11H,4,6,8-9H2,1H3,(H,17,19). The molecule has 0 bridgehead atoms. The molecule has 23 heavy (non-hydrogen) atoms. The van der Waals surface area contributed by atoms with Crippen molar-refractivity contribution in [3.63, 3.8) is 0 Å². The number of hydrogen-bond donors (Lipinski definition) is 1. The number of rotatable bonds is 4. The van der Waals surface area contributed by atoms with Crippen LogP contribution >= 0.6 is 22.9 Å². The van der Waals surface area contributed by atoms with E-state index in [9.17, 15) is 13.2 Å². The van der Waals surface area contributed by atoms with Crippen LogP contribution in [0, 0.1) is 0 Å². The Balaban J connectivity index is 1.72. The van der Waals surface area contributed by atoms with Gasteiger partial charge in [0.15, 0.2) is 0 Å². The zero-order chi connectivity index (χ0) is 16.6. The van der Waals surface area contributed by atoms with Gasteiger partial charge in [0.2, 0.25) is 15.9 Å². The van der Waals surface area contributed by atoms with Gasteiger partial charge in [0.25, 0.3) is 0 Å². The fourth-order valence-electron chi connectivity index (χ4n) is 2.86. The molecule has 124 valence electrons. The van der Waals surface area contributed by atoms with Crippen molar-refractivity contribution in [2.45, 2.75) is 25.4 Å². The Morgan fingerprint density at radius 2 is 2.17 bits per heavy atom. The Bertz CT molecular complexity index is 848. The summed E-state index contributed by atoms with van der Waals surface area (Å²) in [6.07, 6.45) is 2.40. The second-order valence-corrected chi connectivity index (χ2v) is 9.03. The maximum Gasteiger partial charge on any atom is 0.238 e. The number of carbonyl (C=O) groups is 1. The van der Waals surface area contributed by atoms with E-state index in [2.05, 4.69) is 5.32 Å². The maximum atomic E-state index is 12.3. The van der Waals surface area contributed by atoms with Crippen LogP contribution in [0.25, 0.3) is 10.1 Å². The molecule has 1 atom stereocenters. The highest BCUT2D eigenvalue weighted by atomic mass is 35.5. The fraction of sp³-hybridized carbons (Fsp3) is 0.400. The van der Waals surface area contributed by atoms with E-state index >= 15 is 0 Å². The van der Waals surface area contributed by atoms with Gasteiger partial charge in [-0.2, -0.15) is 4.31 Å². The molecule has 1 unspecified atom stereocenters. The third kappa shape index (κ3) is 3.38. The van der Waals surface area contributed by atoms with E-state index in [0.29, 0.717) is 31.0 Å². The molecule has 0 saturated carbocycles. The number of amides is 1. The van der Waals surface area contributed by atoms with E-state index in [1.807, 2.05) is 24.3 Å². The zero-order valence-corrected chi connectivity index (χ0v) is 15.0. The van der Waals surface area contributed by atoms with Crippen molar-refractivity contribution in [3.8, 4) is 0 Å². The molecule has 2 heterocycles. The van der Waals surface area contributed by atoms with Crippen LogP contribution < -0.4 is 5.32 Å². The van der Waals surface area contributed by atoms with Crippen LogP contribution in [0.15, 0.2) is 24.3 Å². The lowest BCUT2D eigenvalue weighted by Crippen LogP contribution is -2.45. The Labute approximate surface area is 144 Å². The minimum Gasteiger partial charge on any atom is -0.350 e. The monoisotopic (exact) mass is 372 g/mol.